The van der Waals surface area contributed by atoms with E-state index in [1.165, 1.54) is 23.9 Å². The Morgan fingerprint density at radius 2 is 1.65 bits per heavy atom. The highest BCUT2D eigenvalue weighted by molar-refractivity contribution is 7.99. The lowest BCUT2D eigenvalue weighted by Crippen LogP contribution is -2.30. The van der Waals surface area contributed by atoms with Crippen LogP contribution in [0.4, 0.5) is 13.2 Å². The molecule has 0 amide bonds. The van der Waals surface area contributed by atoms with E-state index >= 15 is 0 Å². The van der Waals surface area contributed by atoms with Gasteiger partial charge in [0.05, 0.1) is 6.04 Å². The van der Waals surface area contributed by atoms with E-state index in [9.17, 15) is 13.2 Å². The van der Waals surface area contributed by atoms with Crippen molar-refractivity contribution in [1.29, 1.82) is 0 Å². The third-order valence-electron chi connectivity index (χ3n) is 2.76. The number of rotatable bonds is 5. The van der Waals surface area contributed by atoms with Crippen LogP contribution < -0.4 is 11.3 Å². The molecule has 0 radical (unpaired) electrons. The standard InChI is InChI=1S/C14H13F3N2S/c15-9-1-4-11(5-2-9)20-8-14(19-18)12-7-10(16)3-6-13(12)17/h1-7,14,19H,8,18H2. The molecule has 1 unspecified atom stereocenters. The van der Waals surface area contributed by atoms with Crippen LogP contribution in [0.1, 0.15) is 11.6 Å². The molecule has 0 bridgehead atoms. The lowest BCUT2D eigenvalue weighted by Gasteiger charge is -2.16. The Balaban J connectivity index is 2.09. The van der Waals surface area contributed by atoms with Crippen molar-refractivity contribution >= 4 is 11.8 Å². The molecule has 0 aliphatic heterocycles. The Morgan fingerprint density at radius 1 is 1.00 bits per heavy atom. The summed E-state index contributed by atoms with van der Waals surface area (Å²) in [4.78, 5) is 0.823. The molecule has 0 heterocycles. The van der Waals surface area contributed by atoms with Gasteiger partial charge in [0.1, 0.15) is 17.5 Å². The molecule has 0 saturated heterocycles. The fourth-order valence-electron chi connectivity index (χ4n) is 1.72. The zero-order chi connectivity index (χ0) is 14.5. The number of hydrazine groups is 1. The van der Waals surface area contributed by atoms with Gasteiger partial charge >= 0.3 is 0 Å². The minimum atomic E-state index is -0.541. The van der Waals surface area contributed by atoms with Crippen molar-refractivity contribution in [2.45, 2.75) is 10.9 Å². The third kappa shape index (κ3) is 3.75. The number of nitrogens with two attached hydrogens (primary N) is 1. The molecule has 2 nitrogen and oxygen atoms in total. The predicted octanol–water partition coefficient (Wildman–Crippen LogP) is 3.40. The zero-order valence-corrected chi connectivity index (χ0v) is 11.3. The number of hydrogen-bond donors (Lipinski definition) is 2. The summed E-state index contributed by atoms with van der Waals surface area (Å²) < 4.78 is 39.6. The first kappa shape index (κ1) is 14.9. The van der Waals surface area contributed by atoms with Gasteiger partial charge in [0.15, 0.2) is 0 Å². The highest BCUT2D eigenvalue weighted by atomic mass is 32.2. The Morgan fingerprint density at radius 3 is 2.30 bits per heavy atom. The molecule has 0 fully saturated rings. The van der Waals surface area contributed by atoms with Gasteiger partial charge in [-0.1, -0.05) is 0 Å². The first-order valence-corrected chi connectivity index (χ1v) is 6.88. The van der Waals surface area contributed by atoms with Gasteiger partial charge in [-0.05, 0) is 42.5 Å². The van der Waals surface area contributed by atoms with Gasteiger partial charge in [-0.15, -0.1) is 11.8 Å². The van der Waals surface area contributed by atoms with E-state index in [1.54, 1.807) is 12.1 Å². The van der Waals surface area contributed by atoms with E-state index in [-0.39, 0.29) is 11.4 Å². The molecule has 0 saturated carbocycles. The fourth-order valence-corrected chi connectivity index (χ4v) is 2.68. The van der Waals surface area contributed by atoms with Crippen LogP contribution >= 0.6 is 11.8 Å². The second-order valence-corrected chi connectivity index (χ2v) is 5.24. The summed E-state index contributed by atoms with van der Waals surface area (Å²) in [6.07, 6.45) is 0. The normalized spacial score (nSPS) is 12.4. The smallest absolute Gasteiger partial charge is 0.128 e. The Bertz CT molecular complexity index is 575. The van der Waals surface area contributed by atoms with E-state index in [2.05, 4.69) is 5.43 Å². The van der Waals surface area contributed by atoms with Gasteiger partial charge in [0.2, 0.25) is 0 Å². The molecule has 3 N–H and O–H groups in total. The first-order valence-electron chi connectivity index (χ1n) is 5.89. The predicted molar refractivity (Wildman–Crippen MR) is 73.5 cm³/mol. The van der Waals surface area contributed by atoms with Gasteiger partial charge in [0, 0.05) is 16.2 Å². The monoisotopic (exact) mass is 298 g/mol. The molecule has 6 heteroatoms. The van der Waals surface area contributed by atoms with Gasteiger partial charge in [0.25, 0.3) is 0 Å². The second-order valence-electron chi connectivity index (χ2n) is 4.15. The Kier molecular flexibility index (Phi) is 5.05. The van der Waals surface area contributed by atoms with E-state index in [4.69, 9.17) is 5.84 Å². The van der Waals surface area contributed by atoms with E-state index in [0.29, 0.717) is 5.75 Å². The highest BCUT2D eigenvalue weighted by Crippen LogP contribution is 2.26. The molecule has 2 rings (SSSR count). The van der Waals surface area contributed by atoms with Crippen molar-refractivity contribution < 1.29 is 13.2 Å². The summed E-state index contributed by atoms with van der Waals surface area (Å²) in [5.41, 5.74) is 2.64. The van der Waals surface area contributed by atoms with Crippen molar-refractivity contribution in [3.05, 3.63) is 65.5 Å². The summed E-state index contributed by atoms with van der Waals surface area (Å²) in [5, 5.41) is 0. The van der Waals surface area contributed by atoms with Crippen molar-refractivity contribution in [3.8, 4) is 0 Å². The number of thioether (sulfide) groups is 1. The average molecular weight is 298 g/mol. The Labute approximate surface area is 119 Å². The molecule has 0 aromatic heterocycles. The third-order valence-corrected chi connectivity index (χ3v) is 3.87. The molecular weight excluding hydrogens is 285 g/mol. The summed E-state index contributed by atoms with van der Waals surface area (Å²) >= 11 is 1.37. The van der Waals surface area contributed by atoms with Crippen molar-refractivity contribution in [3.63, 3.8) is 0 Å². The molecule has 0 aliphatic rings. The molecular formula is C14H13F3N2S. The molecule has 0 spiro atoms. The highest BCUT2D eigenvalue weighted by Gasteiger charge is 2.15. The van der Waals surface area contributed by atoms with Crippen LogP contribution in [0.5, 0.6) is 0 Å². The maximum Gasteiger partial charge on any atom is 0.128 e. The molecule has 0 aliphatic carbocycles. The molecule has 1 atom stereocenters. The summed E-state index contributed by atoms with van der Waals surface area (Å²) in [5.74, 6) is 4.43. The zero-order valence-electron chi connectivity index (χ0n) is 10.4. The number of benzene rings is 2. The van der Waals surface area contributed by atoms with Crippen LogP contribution in [0.15, 0.2) is 47.4 Å². The maximum absolute atomic E-state index is 13.7. The minimum absolute atomic E-state index is 0.169. The average Bonchev–Trinajstić information content (AvgIpc) is 2.45. The van der Waals surface area contributed by atoms with Gasteiger partial charge in [-0.3, -0.25) is 11.3 Å². The molecule has 2 aromatic rings. The lowest BCUT2D eigenvalue weighted by atomic mass is 10.1. The number of hydrogen-bond acceptors (Lipinski definition) is 3. The topological polar surface area (TPSA) is 38.0 Å². The van der Waals surface area contributed by atoms with Crippen LogP contribution in [0.2, 0.25) is 0 Å². The Hall–Kier alpha value is -1.50. The van der Waals surface area contributed by atoms with Crippen LogP contribution in [-0.4, -0.2) is 5.75 Å². The van der Waals surface area contributed by atoms with Gasteiger partial charge in [-0.25, -0.2) is 13.2 Å². The number of halogens is 3. The fraction of sp³-hybridized carbons (Fsp3) is 0.143. The van der Waals surface area contributed by atoms with Crippen LogP contribution in [-0.2, 0) is 0 Å². The van der Waals surface area contributed by atoms with Crippen molar-refractivity contribution in [2.75, 3.05) is 5.75 Å². The van der Waals surface area contributed by atoms with Crippen molar-refractivity contribution in [2.24, 2.45) is 5.84 Å². The quantitative estimate of drug-likeness (QED) is 0.505. The SMILES string of the molecule is NNC(CSc1ccc(F)cc1)c1cc(F)ccc1F. The first-order chi connectivity index (χ1) is 9.60. The van der Waals surface area contributed by atoms with Crippen LogP contribution in [0.25, 0.3) is 0 Å². The largest absolute Gasteiger partial charge is 0.271 e. The summed E-state index contributed by atoms with van der Waals surface area (Å²) in [6.45, 7) is 0. The molecule has 20 heavy (non-hydrogen) atoms. The van der Waals surface area contributed by atoms with Crippen molar-refractivity contribution in [1.82, 2.24) is 5.43 Å². The number of nitrogens with one attached hydrogen (secondary N) is 1. The lowest BCUT2D eigenvalue weighted by molar-refractivity contribution is 0.534. The molecule has 2 aromatic carbocycles. The maximum atomic E-state index is 13.7. The summed E-state index contributed by atoms with van der Waals surface area (Å²) in [7, 11) is 0. The molecule has 106 valence electrons. The van der Waals surface area contributed by atoms with E-state index < -0.39 is 17.7 Å². The second kappa shape index (κ2) is 6.78. The van der Waals surface area contributed by atoms with E-state index in [1.807, 2.05) is 0 Å². The van der Waals surface area contributed by atoms with E-state index in [0.717, 1.165) is 23.1 Å². The minimum Gasteiger partial charge on any atom is -0.271 e. The van der Waals surface area contributed by atoms with Gasteiger partial charge in [-0.2, -0.15) is 0 Å². The summed E-state index contributed by atoms with van der Waals surface area (Å²) in [6, 6.07) is 8.62. The van der Waals surface area contributed by atoms with Crippen LogP contribution in [0.3, 0.4) is 0 Å². The van der Waals surface area contributed by atoms with Crippen LogP contribution in [0, 0.1) is 17.5 Å². The van der Waals surface area contributed by atoms with Gasteiger partial charge < -0.3 is 0 Å².